The van der Waals surface area contributed by atoms with Gasteiger partial charge in [0.05, 0.1) is 10.7 Å². The minimum Gasteiger partial charge on any atom is -0.330 e. The van der Waals surface area contributed by atoms with Crippen LogP contribution >= 0.6 is 11.3 Å². The van der Waals surface area contributed by atoms with E-state index in [1.165, 1.54) is 17.4 Å². The Labute approximate surface area is 102 Å². The summed E-state index contributed by atoms with van der Waals surface area (Å²) in [5.74, 6) is -1.64. The molecule has 0 spiro atoms. The first kappa shape index (κ1) is 12.1. The molecule has 17 heavy (non-hydrogen) atoms. The lowest BCUT2D eigenvalue weighted by molar-refractivity contribution is 0.507. The average molecular weight is 254 g/mol. The van der Waals surface area contributed by atoms with Gasteiger partial charge in [-0.2, -0.15) is 0 Å². The number of benzene rings is 1. The van der Waals surface area contributed by atoms with Crippen LogP contribution in [0.3, 0.4) is 0 Å². The summed E-state index contributed by atoms with van der Waals surface area (Å²) in [5, 5.41) is 2.83. The third-order valence-electron chi connectivity index (χ3n) is 2.34. The Morgan fingerprint density at radius 1 is 1.24 bits per heavy atom. The van der Waals surface area contributed by atoms with Crippen molar-refractivity contribution in [3.63, 3.8) is 0 Å². The van der Waals surface area contributed by atoms with E-state index in [9.17, 15) is 8.78 Å². The fourth-order valence-corrected chi connectivity index (χ4v) is 2.38. The topological polar surface area (TPSA) is 38.9 Å². The first-order valence-electron chi connectivity index (χ1n) is 5.26. The van der Waals surface area contributed by atoms with Gasteiger partial charge in [-0.3, -0.25) is 0 Å². The lowest BCUT2D eigenvalue weighted by atomic mass is 10.1. The quantitative estimate of drug-likeness (QED) is 0.910. The maximum absolute atomic E-state index is 13.0. The molecule has 0 amide bonds. The van der Waals surface area contributed by atoms with E-state index in [0.29, 0.717) is 13.0 Å². The van der Waals surface area contributed by atoms with E-state index in [1.54, 1.807) is 6.07 Å². The number of rotatable bonds is 4. The van der Waals surface area contributed by atoms with Gasteiger partial charge in [-0.25, -0.2) is 13.8 Å². The van der Waals surface area contributed by atoms with Gasteiger partial charge in [0.15, 0.2) is 11.6 Å². The smallest absolute Gasteiger partial charge is 0.159 e. The zero-order valence-corrected chi connectivity index (χ0v) is 9.94. The van der Waals surface area contributed by atoms with Crippen LogP contribution in [0, 0.1) is 11.6 Å². The third kappa shape index (κ3) is 3.08. The number of nitrogens with zero attached hydrogens (tertiary/aromatic N) is 1. The molecule has 0 saturated carbocycles. The monoisotopic (exact) mass is 254 g/mol. The molecular formula is C12H12F2N2S. The summed E-state index contributed by atoms with van der Waals surface area (Å²) >= 11 is 1.51. The van der Waals surface area contributed by atoms with E-state index in [2.05, 4.69) is 4.98 Å². The molecule has 2 rings (SSSR count). The van der Waals surface area contributed by atoms with Crippen LogP contribution in [0.1, 0.15) is 16.3 Å². The molecule has 0 radical (unpaired) electrons. The zero-order valence-electron chi connectivity index (χ0n) is 9.12. The predicted octanol–water partition coefficient (Wildman–Crippen LogP) is 2.51. The second-order valence-electron chi connectivity index (χ2n) is 3.70. The van der Waals surface area contributed by atoms with Gasteiger partial charge < -0.3 is 5.73 Å². The average Bonchev–Trinajstić information content (AvgIpc) is 2.72. The summed E-state index contributed by atoms with van der Waals surface area (Å²) in [6, 6.07) is 3.92. The third-order valence-corrected chi connectivity index (χ3v) is 3.24. The minimum atomic E-state index is -0.822. The van der Waals surface area contributed by atoms with Crippen molar-refractivity contribution in [1.29, 1.82) is 0 Å². The maximum atomic E-state index is 13.0. The Hall–Kier alpha value is -1.33. The molecule has 0 aliphatic heterocycles. The second-order valence-corrected chi connectivity index (χ2v) is 4.64. The number of thiazole rings is 1. The highest BCUT2D eigenvalue weighted by Gasteiger charge is 2.06. The first-order valence-corrected chi connectivity index (χ1v) is 6.14. The Balaban J connectivity index is 2.11. The summed E-state index contributed by atoms with van der Waals surface area (Å²) in [5.41, 5.74) is 7.11. The van der Waals surface area contributed by atoms with Crippen LogP contribution in [0.5, 0.6) is 0 Å². The molecule has 0 saturated heterocycles. The van der Waals surface area contributed by atoms with Gasteiger partial charge >= 0.3 is 0 Å². The largest absolute Gasteiger partial charge is 0.330 e. The Morgan fingerprint density at radius 2 is 2.06 bits per heavy atom. The fraction of sp³-hybridized carbons (Fsp3) is 0.250. The van der Waals surface area contributed by atoms with Crippen molar-refractivity contribution in [3.8, 4) is 0 Å². The van der Waals surface area contributed by atoms with Crippen molar-refractivity contribution in [3.05, 3.63) is 51.5 Å². The summed E-state index contributed by atoms with van der Waals surface area (Å²) in [7, 11) is 0. The van der Waals surface area contributed by atoms with Crippen LogP contribution in [0.4, 0.5) is 8.78 Å². The van der Waals surface area contributed by atoms with Crippen LogP contribution in [0.25, 0.3) is 0 Å². The number of hydrogen-bond acceptors (Lipinski definition) is 3. The van der Waals surface area contributed by atoms with Crippen LogP contribution in [0.2, 0.25) is 0 Å². The molecule has 0 unspecified atom stereocenters. The molecule has 1 aromatic heterocycles. The minimum absolute atomic E-state index is 0.520. The highest BCUT2D eigenvalue weighted by Crippen LogP contribution is 2.16. The van der Waals surface area contributed by atoms with Crippen molar-refractivity contribution in [2.24, 2.45) is 5.73 Å². The van der Waals surface area contributed by atoms with Crippen LogP contribution in [-0.4, -0.2) is 11.5 Å². The highest BCUT2D eigenvalue weighted by molar-refractivity contribution is 7.09. The summed E-state index contributed by atoms with van der Waals surface area (Å²) in [4.78, 5) is 4.37. The van der Waals surface area contributed by atoms with E-state index in [0.717, 1.165) is 28.8 Å². The van der Waals surface area contributed by atoms with Crippen LogP contribution < -0.4 is 5.73 Å². The number of halogens is 2. The van der Waals surface area contributed by atoms with Gasteiger partial charge in [0.2, 0.25) is 0 Å². The molecule has 0 atom stereocenters. The summed E-state index contributed by atoms with van der Waals surface area (Å²) in [6.07, 6.45) is 1.26. The number of aromatic nitrogens is 1. The van der Waals surface area contributed by atoms with Crippen molar-refractivity contribution in [2.75, 3.05) is 6.54 Å². The highest BCUT2D eigenvalue weighted by atomic mass is 32.1. The SMILES string of the molecule is NCCc1csc(Cc2ccc(F)c(F)c2)n1. The first-order chi connectivity index (χ1) is 8.19. The molecule has 0 aliphatic rings. The molecular weight excluding hydrogens is 242 g/mol. The Morgan fingerprint density at radius 3 is 2.76 bits per heavy atom. The summed E-state index contributed by atoms with van der Waals surface area (Å²) in [6.45, 7) is 0.564. The molecule has 0 fully saturated rings. The van der Waals surface area contributed by atoms with Crippen molar-refractivity contribution >= 4 is 11.3 Å². The van der Waals surface area contributed by atoms with Crippen LogP contribution in [0.15, 0.2) is 23.6 Å². The lowest BCUT2D eigenvalue weighted by Gasteiger charge is -1.99. The van der Waals surface area contributed by atoms with Gasteiger partial charge in [-0.1, -0.05) is 6.07 Å². The molecule has 0 aliphatic carbocycles. The molecule has 1 aromatic carbocycles. The second kappa shape index (κ2) is 5.33. The predicted molar refractivity (Wildman–Crippen MR) is 64.0 cm³/mol. The van der Waals surface area contributed by atoms with Gasteiger partial charge in [0.1, 0.15) is 0 Å². The van der Waals surface area contributed by atoms with E-state index in [1.807, 2.05) is 5.38 Å². The molecule has 90 valence electrons. The number of hydrogen-bond donors (Lipinski definition) is 1. The Bertz CT molecular complexity index is 511. The standard InChI is InChI=1S/C12H12F2N2S/c13-10-2-1-8(5-11(10)14)6-12-16-9(3-4-15)7-17-12/h1-2,5,7H,3-4,6,15H2. The molecule has 2 nitrogen and oxygen atoms in total. The molecule has 1 heterocycles. The van der Waals surface area contributed by atoms with Crippen molar-refractivity contribution < 1.29 is 8.78 Å². The van der Waals surface area contributed by atoms with Gasteiger partial charge in [-0.05, 0) is 24.2 Å². The molecule has 0 bridgehead atoms. The van der Waals surface area contributed by atoms with Crippen molar-refractivity contribution in [2.45, 2.75) is 12.8 Å². The number of nitrogens with two attached hydrogens (primary N) is 1. The molecule has 2 N–H and O–H groups in total. The van der Waals surface area contributed by atoms with E-state index < -0.39 is 11.6 Å². The molecule has 2 aromatic rings. The van der Waals surface area contributed by atoms with Gasteiger partial charge in [0.25, 0.3) is 0 Å². The van der Waals surface area contributed by atoms with E-state index in [4.69, 9.17) is 5.73 Å². The zero-order chi connectivity index (χ0) is 12.3. The fourth-order valence-electron chi connectivity index (χ4n) is 1.52. The maximum Gasteiger partial charge on any atom is 0.159 e. The van der Waals surface area contributed by atoms with E-state index >= 15 is 0 Å². The van der Waals surface area contributed by atoms with Crippen LogP contribution in [-0.2, 0) is 12.8 Å². The molecule has 5 heteroatoms. The lowest BCUT2D eigenvalue weighted by Crippen LogP contribution is -2.03. The summed E-state index contributed by atoms with van der Waals surface area (Å²) < 4.78 is 25.7. The van der Waals surface area contributed by atoms with Gasteiger partial charge in [0, 0.05) is 18.2 Å². The normalized spacial score (nSPS) is 10.8. The van der Waals surface area contributed by atoms with Gasteiger partial charge in [-0.15, -0.1) is 11.3 Å². The van der Waals surface area contributed by atoms with E-state index in [-0.39, 0.29) is 0 Å². The van der Waals surface area contributed by atoms with Crippen molar-refractivity contribution in [1.82, 2.24) is 4.98 Å². The Kier molecular flexibility index (Phi) is 3.81.